The van der Waals surface area contributed by atoms with Gasteiger partial charge < -0.3 is 0 Å². The standard InChI is InChI=1S/C4H10P2/c1-2-6-4-3-5-1/h5-6H,1-4H2. The highest BCUT2D eigenvalue weighted by Gasteiger charge is 1.94. The van der Waals surface area contributed by atoms with Crippen molar-refractivity contribution in [3.63, 3.8) is 0 Å². The Balaban J connectivity index is 2.00. The van der Waals surface area contributed by atoms with Gasteiger partial charge in [0.25, 0.3) is 0 Å². The molecule has 1 heterocycles. The third-order valence-corrected chi connectivity index (χ3v) is 4.37. The molecule has 1 rings (SSSR count). The van der Waals surface area contributed by atoms with Crippen LogP contribution in [0.25, 0.3) is 0 Å². The Morgan fingerprint density at radius 2 is 1.00 bits per heavy atom. The molecule has 0 N–H and O–H groups in total. The van der Waals surface area contributed by atoms with E-state index in [2.05, 4.69) is 0 Å². The van der Waals surface area contributed by atoms with E-state index in [1.807, 2.05) is 0 Å². The average molecular weight is 120 g/mol. The number of rotatable bonds is 0. The molecular weight excluding hydrogens is 110 g/mol. The lowest BCUT2D eigenvalue weighted by molar-refractivity contribution is 1.39. The highest BCUT2D eigenvalue weighted by molar-refractivity contribution is 7.46. The van der Waals surface area contributed by atoms with Crippen LogP contribution >= 0.6 is 17.2 Å². The molecule has 0 unspecified atom stereocenters. The van der Waals surface area contributed by atoms with Gasteiger partial charge in [0.1, 0.15) is 0 Å². The largest absolute Gasteiger partial charge is 0.121 e. The van der Waals surface area contributed by atoms with E-state index in [9.17, 15) is 0 Å². The first-order valence-electron chi connectivity index (χ1n) is 2.41. The third kappa shape index (κ3) is 1.54. The predicted molar refractivity (Wildman–Crippen MR) is 36.1 cm³/mol. The Morgan fingerprint density at radius 3 is 1.17 bits per heavy atom. The summed E-state index contributed by atoms with van der Waals surface area (Å²) in [6.45, 7) is 0. The van der Waals surface area contributed by atoms with E-state index in [0.717, 1.165) is 0 Å². The lowest BCUT2D eigenvalue weighted by Gasteiger charge is -2.06. The van der Waals surface area contributed by atoms with Crippen molar-refractivity contribution in [2.45, 2.75) is 0 Å². The molecule has 0 aliphatic carbocycles. The monoisotopic (exact) mass is 120 g/mol. The summed E-state index contributed by atoms with van der Waals surface area (Å²) in [5.41, 5.74) is 0. The molecule has 6 heavy (non-hydrogen) atoms. The van der Waals surface area contributed by atoms with Gasteiger partial charge in [-0.05, 0) is 24.6 Å². The van der Waals surface area contributed by atoms with E-state index < -0.39 is 0 Å². The van der Waals surface area contributed by atoms with Crippen molar-refractivity contribution in [1.29, 1.82) is 0 Å². The van der Waals surface area contributed by atoms with E-state index in [4.69, 9.17) is 0 Å². The van der Waals surface area contributed by atoms with Crippen molar-refractivity contribution < 1.29 is 0 Å². The first kappa shape index (κ1) is 5.01. The summed E-state index contributed by atoms with van der Waals surface area (Å²) < 4.78 is 0. The van der Waals surface area contributed by atoms with Gasteiger partial charge >= 0.3 is 0 Å². The summed E-state index contributed by atoms with van der Waals surface area (Å²) in [4.78, 5) is 0. The molecule has 1 aliphatic heterocycles. The van der Waals surface area contributed by atoms with Crippen molar-refractivity contribution in [2.75, 3.05) is 24.6 Å². The first-order chi connectivity index (χ1) is 3.00. The molecule has 2 heteroatoms. The fourth-order valence-corrected chi connectivity index (χ4v) is 3.93. The van der Waals surface area contributed by atoms with Gasteiger partial charge in [-0.3, -0.25) is 0 Å². The molecule has 0 amide bonds. The van der Waals surface area contributed by atoms with E-state index in [1.54, 1.807) is 24.6 Å². The average Bonchev–Trinajstić information content (AvgIpc) is 1.72. The number of hydrogen-bond donors (Lipinski definition) is 0. The van der Waals surface area contributed by atoms with E-state index in [1.165, 1.54) is 17.2 Å². The highest BCUT2D eigenvalue weighted by Crippen LogP contribution is 2.25. The van der Waals surface area contributed by atoms with Crippen molar-refractivity contribution in [2.24, 2.45) is 0 Å². The maximum Gasteiger partial charge on any atom is -0.0316 e. The fourth-order valence-electron chi connectivity index (χ4n) is 0.604. The smallest absolute Gasteiger partial charge is 0.0316 e. The summed E-state index contributed by atoms with van der Waals surface area (Å²) in [5, 5.41) is 0. The van der Waals surface area contributed by atoms with Crippen LogP contribution in [0.3, 0.4) is 0 Å². The molecule has 1 aliphatic rings. The molecule has 0 spiro atoms. The first-order valence-corrected chi connectivity index (χ1v) is 5.24. The molecule has 0 atom stereocenters. The number of hydrogen-bond acceptors (Lipinski definition) is 0. The van der Waals surface area contributed by atoms with Crippen molar-refractivity contribution in [3.05, 3.63) is 0 Å². The molecule has 0 saturated carbocycles. The molecule has 0 radical (unpaired) electrons. The Morgan fingerprint density at radius 1 is 0.667 bits per heavy atom. The molecule has 0 nitrogen and oxygen atoms in total. The summed E-state index contributed by atoms with van der Waals surface area (Å²) in [6.07, 6.45) is 6.16. The van der Waals surface area contributed by atoms with E-state index in [-0.39, 0.29) is 0 Å². The van der Waals surface area contributed by atoms with Crippen LogP contribution in [0.5, 0.6) is 0 Å². The van der Waals surface area contributed by atoms with Crippen LogP contribution in [0.1, 0.15) is 0 Å². The Hall–Kier alpha value is 0.860. The van der Waals surface area contributed by atoms with Gasteiger partial charge in [-0.1, -0.05) is 0 Å². The quantitative estimate of drug-likeness (QED) is 0.423. The minimum absolute atomic E-state index is 1.31. The molecule has 0 aromatic rings. The summed E-state index contributed by atoms with van der Waals surface area (Å²) in [6, 6.07) is 0. The van der Waals surface area contributed by atoms with Crippen LogP contribution in [0.15, 0.2) is 0 Å². The zero-order valence-corrected chi connectivity index (χ0v) is 5.83. The van der Waals surface area contributed by atoms with Crippen LogP contribution in [-0.2, 0) is 0 Å². The summed E-state index contributed by atoms with van der Waals surface area (Å²) in [7, 11) is 2.62. The van der Waals surface area contributed by atoms with Crippen LogP contribution in [0, 0.1) is 0 Å². The highest BCUT2D eigenvalue weighted by atomic mass is 31.1. The zero-order chi connectivity index (χ0) is 4.24. The molecule has 0 aromatic heterocycles. The second-order valence-corrected chi connectivity index (χ2v) is 4.50. The van der Waals surface area contributed by atoms with Crippen LogP contribution in [0.4, 0.5) is 0 Å². The lowest BCUT2D eigenvalue weighted by atomic mass is 10.9. The van der Waals surface area contributed by atoms with Gasteiger partial charge in [-0.2, -0.15) is 0 Å². The summed E-state index contributed by atoms with van der Waals surface area (Å²) in [5.74, 6) is 0. The SMILES string of the molecule is C1CPCCP1. The Bertz CT molecular complexity index is 21.0. The Kier molecular flexibility index (Phi) is 2.45. The molecule has 1 fully saturated rings. The van der Waals surface area contributed by atoms with Crippen LogP contribution < -0.4 is 0 Å². The molecule has 0 aromatic carbocycles. The van der Waals surface area contributed by atoms with Crippen LogP contribution in [0.2, 0.25) is 0 Å². The topological polar surface area (TPSA) is 0 Å². The summed E-state index contributed by atoms with van der Waals surface area (Å²) >= 11 is 0. The molecule has 36 valence electrons. The molecular formula is C4H10P2. The van der Waals surface area contributed by atoms with Crippen molar-refractivity contribution in [1.82, 2.24) is 0 Å². The maximum absolute atomic E-state index is 1.54. The lowest BCUT2D eigenvalue weighted by Crippen LogP contribution is -1.92. The van der Waals surface area contributed by atoms with Gasteiger partial charge in [0.05, 0.1) is 0 Å². The van der Waals surface area contributed by atoms with Gasteiger partial charge in [0, 0.05) is 0 Å². The van der Waals surface area contributed by atoms with Crippen LogP contribution in [-0.4, -0.2) is 24.6 Å². The maximum atomic E-state index is 1.54. The van der Waals surface area contributed by atoms with E-state index >= 15 is 0 Å². The van der Waals surface area contributed by atoms with Crippen molar-refractivity contribution in [3.8, 4) is 0 Å². The second kappa shape index (κ2) is 2.94. The third-order valence-electron chi connectivity index (χ3n) is 0.957. The van der Waals surface area contributed by atoms with Gasteiger partial charge in [-0.15, -0.1) is 17.2 Å². The fraction of sp³-hybridized carbons (Fsp3) is 1.00. The minimum Gasteiger partial charge on any atom is -0.121 e. The van der Waals surface area contributed by atoms with E-state index in [0.29, 0.717) is 0 Å². The van der Waals surface area contributed by atoms with Gasteiger partial charge in [0.15, 0.2) is 0 Å². The molecule has 0 bridgehead atoms. The molecule has 1 saturated heterocycles. The van der Waals surface area contributed by atoms with Gasteiger partial charge in [0.2, 0.25) is 0 Å². The Labute approximate surface area is 42.7 Å². The normalized spacial score (nSPS) is 32.0. The predicted octanol–water partition coefficient (Wildman–Crippen LogP) is 1.36. The second-order valence-electron chi connectivity index (χ2n) is 1.50. The van der Waals surface area contributed by atoms with Crippen molar-refractivity contribution >= 4 is 17.2 Å². The zero-order valence-electron chi connectivity index (χ0n) is 3.83. The minimum atomic E-state index is 1.31. The van der Waals surface area contributed by atoms with Gasteiger partial charge in [-0.25, -0.2) is 0 Å².